The molecular formula is C14H19N3S. The normalized spacial score (nSPS) is 20.4. The monoisotopic (exact) mass is 261 g/mol. The second-order valence-corrected chi connectivity index (χ2v) is 6.07. The van der Waals surface area contributed by atoms with Crippen LogP contribution in [0.5, 0.6) is 0 Å². The van der Waals surface area contributed by atoms with Gasteiger partial charge in [0, 0.05) is 30.2 Å². The zero-order valence-corrected chi connectivity index (χ0v) is 11.5. The van der Waals surface area contributed by atoms with Crippen LogP contribution in [0.2, 0.25) is 0 Å². The molecule has 0 bridgehead atoms. The Kier molecular flexibility index (Phi) is 3.57. The maximum Gasteiger partial charge on any atom is 0.137 e. The van der Waals surface area contributed by atoms with Crippen molar-refractivity contribution >= 4 is 17.4 Å². The van der Waals surface area contributed by atoms with Crippen LogP contribution >= 0.6 is 11.8 Å². The van der Waals surface area contributed by atoms with Gasteiger partial charge in [-0.25, -0.2) is 4.98 Å². The highest BCUT2D eigenvalue weighted by Gasteiger charge is 2.13. The summed E-state index contributed by atoms with van der Waals surface area (Å²) in [5, 5.41) is 3.62. The van der Waals surface area contributed by atoms with Crippen molar-refractivity contribution in [2.24, 2.45) is 0 Å². The molecule has 1 aliphatic heterocycles. The number of rotatable bonds is 3. The maximum absolute atomic E-state index is 4.65. The van der Waals surface area contributed by atoms with E-state index in [9.17, 15) is 0 Å². The molecule has 0 amide bonds. The highest BCUT2D eigenvalue weighted by molar-refractivity contribution is 7.99. The minimum Gasteiger partial charge on any atom is -0.307 e. The van der Waals surface area contributed by atoms with Crippen LogP contribution in [-0.4, -0.2) is 26.9 Å². The second-order valence-electron chi connectivity index (χ2n) is 4.92. The number of hydrogen-bond acceptors (Lipinski definition) is 3. The third kappa shape index (κ3) is 2.54. The lowest BCUT2D eigenvalue weighted by atomic mass is 10.2. The Morgan fingerprint density at radius 2 is 2.44 bits per heavy atom. The van der Waals surface area contributed by atoms with Crippen LogP contribution < -0.4 is 5.32 Å². The smallest absolute Gasteiger partial charge is 0.137 e. The largest absolute Gasteiger partial charge is 0.307 e. The number of fused-ring (bicyclic) bond motifs is 1. The molecule has 2 aromatic rings. The molecule has 1 N–H and O–H groups in total. The lowest BCUT2D eigenvalue weighted by molar-refractivity contribution is 0.504. The number of aryl methyl sites for hydroxylation is 1. The van der Waals surface area contributed by atoms with Crippen molar-refractivity contribution in [1.29, 1.82) is 0 Å². The van der Waals surface area contributed by atoms with Crippen LogP contribution in [0.25, 0.3) is 5.65 Å². The van der Waals surface area contributed by atoms with E-state index >= 15 is 0 Å². The van der Waals surface area contributed by atoms with Crippen LogP contribution in [0.4, 0.5) is 0 Å². The predicted octanol–water partition coefficient (Wildman–Crippen LogP) is 2.63. The molecule has 96 valence electrons. The van der Waals surface area contributed by atoms with Crippen molar-refractivity contribution in [2.45, 2.75) is 32.4 Å². The summed E-state index contributed by atoms with van der Waals surface area (Å²) >= 11 is 2.06. The lowest BCUT2D eigenvalue weighted by Crippen LogP contribution is -2.33. The van der Waals surface area contributed by atoms with E-state index in [0.717, 1.165) is 17.9 Å². The zero-order valence-electron chi connectivity index (χ0n) is 10.7. The molecule has 1 aliphatic rings. The van der Waals surface area contributed by atoms with Gasteiger partial charge in [-0.3, -0.25) is 0 Å². The van der Waals surface area contributed by atoms with E-state index in [1.54, 1.807) is 0 Å². The standard InChI is InChI=1S/C14H19N3S/c1-11-4-2-6-14-16-13(9-17(11)14)8-15-12-5-3-7-18-10-12/h2,4,6,9,12,15H,3,5,7-8,10H2,1H3/t12-/m1/s1. The number of nitrogens with zero attached hydrogens (tertiary/aromatic N) is 2. The summed E-state index contributed by atoms with van der Waals surface area (Å²) in [7, 11) is 0. The highest BCUT2D eigenvalue weighted by atomic mass is 32.2. The van der Waals surface area contributed by atoms with Gasteiger partial charge in [0.1, 0.15) is 5.65 Å². The first-order valence-electron chi connectivity index (χ1n) is 6.57. The van der Waals surface area contributed by atoms with Crippen LogP contribution in [0.15, 0.2) is 24.4 Å². The van der Waals surface area contributed by atoms with Crippen molar-refractivity contribution in [3.63, 3.8) is 0 Å². The predicted molar refractivity (Wildman–Crippen MR) is 77.1 cm³/mol. The molecule has 0 unspecified atom stereocenters. The molecule has 0 aliphatic carbocycles. The Labute approximate surface area is 112 Å². The van der Waals surface area contributed by atoms with Crippen LogP contribution in [-0.2, 0) is 6.54 Å². The SMILES string of the molecule is Cc1cccc2nc(CN[C@@H]3CCCSC3)cn12. The van der Waals surface area contributed by atoms with E-state index in [1.165, 1.54) is 30.0 Å². The van der Waals surface area contributed by atoms with Crippen molar-refractivity contribution in [1.82, 2.24) is 14.7 Å². The Morgan fingerprint density at radius 1 is 1.50 bits per heavy atom. The summed E-state index contributed by atoms with van der Waals surface area (Å²) in [6, 6.07) is 6.90. The number of hydrogen-bond donors (Lipinski definition) is 1. The fraction of sp³-hybridized carbons (Fsp3) is 0.500. The van der Waals surface area contributed by atoms with Gasteiger partial charge in [-0.05, 0) is 37.7 Å². The van der Waals surface area contributed by atoms with Crippen molar-refractivity contribution in [2.75, 3.05) is 11.5 Å². The lowest BCUT2D eigenvalue weighted by Gasteiger charge is -2.21. The Morgan fingerprint density at radius 3 is 3.22 bits per heavy atom. The maximum atomic E-state index is 4.65. The first kappa shape index (κ1) is 12.1. The fourth-order valence-corrected chi connectivity index (χ4v) is 3.54. The molecule has 3 nitrogen and oxygen atoms in total. The summed E-state index contributed by atoms with van der Waals surface area (Å²) in [4.78, 5) is 4.65. The van der Waals surface area contributed by atoms with Crippen molar-refractivity contribution < 1.29 is 0 Å². The minimum atomic E-state index is 0.662. The summed E-state index contributed by atoms with van der Waals surface area (Å²) in [6.45, 7) is 3.00. The third-order valence-electron chi connectivity index (χ3n) is 3.48. The Balaban J connectivity index is 1.69. The molecule has 18 heavy (non-hydrogen) atoms. The van der Waals surface area contributed by atoms with Gasteiger partial charge in [-0.15, -0.1) is 0 Å². The number of thioether (sulfide) groups is 1. The van der Waals surface area contributed by atoms with Crippen LogP contribution in [0.1, 0.15) is 24.2 Å². The van der Waals surface area contributed by atoms with Crippen molar-refractivity contribution in [3.8, 4) is 0 Å². The van der Waals surface area contributed by atoms with Crippen LogP contribution in [0, 0.1) is 6.92 Å². The number of pyridine rings is 1. The van der Waals surface area contributed by atoms with E-state index in [0.29, 0.717) is 6.04 Å². The average molecular weight is 261 g/mol. The van der Waals surface area contributed by atoms with E-state index in [-0.39, 0.29) is 0 Å². The molecule has 0 saturated carbocycles. The quantitative estimate of drug-likeness (QED) is 0.921. The average Bonchev–Trinajstić information content (AvgIpc) is 2.82. The van der Waals surface area contributed by atoms with Gasteiger partial charge in [0.05, 0.1) is 5.69 Å². The van der Waals surface area contributed by atoms with Gasteiger partial charge in [0.2, 0.25) is 0 Å². The molecule has 0 aromatic carbocycles. The molecular weight excluding hydrogens is 242 g/mol. The summed E-state index contributed by atoms with van der Waals surface area (Å²) in [5.41, 5.74) is 3.42. The number of nitrogens with one attached hydrogen (secondary N) is 1. The molecule has 4 heteroatoms. The Bertz CT molecular complexity index is 529. The minimum absolute atomic E-state index is 0.662. The molecule has 3 rings (SSSR count). The highest BCUT2D eigenvalue weighted by Crippen LogP contribution is 2.17. The van der Waals surface area contributed by atoms with E-state index in [4.69, 9.17) is 0 Å². The summed E-state index contributed by atoms with van der Waals surface area (Å²) in [6.07, 6.45) is 4.79. The molecule has 0 radical (unpaired) electrons. The van der Waals surface area contributed by atoms with Gasteiger partial charge in [0.15, 0.2) is 0 Å². The summed E-state index contributed by atoms with van der Waals surface area (Å²) in [5.74, 6) is 2.57. The molecule has 3 heterocycles. The Hall–Kier alpha value is -1.00. The van der Waals surface area contributed by atoms with Crippen LogP contribution in [0.3, 0.4) is 0 Å². The molecule has 1 fully saturated rings. The first-order chi connectivity index (χ1) is 8.83. The second kappa shape index (κ2) is 5.33. The zero-order chi connectivity index (χ0) is 12.4. The van der Waals surface area contributed by atoms with E-state index in [2.05, 4.69) is 57.8 Å². The van der Waals surface area contributed by atoms with E-state index in [1.807, 2.05) is 0 Å². The van der Waals surface area contributed by atoms with E-state index < -0.39 is 0 Å². The fourth-order valence-electron chi connectivity index (χ4n) is 2.43. The van der Waals surface area contributed by atoms with Gasteiger partial charge >= 0.3 is 0 Å². The van der Waals surface area contributed by atoms with Gasteiger partial charge in [-0.2, -0.15) is 11.8 Å². The molecule has 2 aromatic heterocycles. The number of imidazole rings is 1. The van der Waals surface area contributed by atoms with Gasteiger partial charge in [-0.1, -0.05) is 6.07 Å². The van der Waals surface area contributed by atoms with Gasteiger partial charge < -0.3 is 9.72 Å². The summed E-state index contributed by atoms with van der Waals surface area (Å²) < 4.78 is 2.16. The molecule has 1 saturated heterocycles. The first-order valence-corrected chi connectivity index (χ1v) is 7.73. The van der Waals surface area contributed by atoms with Crippen molar-refractivity contribution in [3.05, 3.63) is 35.8 Å². The van der Waals surface area contributed by atoms with Gasteiger partial charge in [0.25, 0.3) is 0 Å². The molecule has 1 atom stereocenters. The molecule has 0 spiro atoms. The third-order valence-corrected chi connectivity index (χ3v) is 4.69. The topological polar surface area (TPSA) is 29.3 Å². The number of aromatic nitrogens is 2.